The van der Waals surface area contributed by atoms with Crippen molar-refractivity contribution in [2.24, 2.45) is 5.92 Å². The minimum atomic E-state index is -0.256. The van der Waals surface area contributed by atoms with Gasteiger partial charge in [-0.15, -0.1) is 0 Å². The fourth-order valence-electron chi connectivity index (χ4n) is 2.33. The van der Waals surface area contributed by atoms with Crippen molar-refractivity contribution in [2.75, 3.05) is 20.7 Å². The smallest absolute Gasteiger partial charge is 0.305 e. The molecule has 0 aromatic carbocycles. The highest BCUT2D eigenvalue weighted by Gasteiger charge is 2.36. The molecule has 1 amide bonds. The summed E-state index contributed by atoms with van der Waals surface area (Å²) in [7, 11) is 3.07. The number of carbonyl (C=O) groups excluding carboxylic acids is 2. The second-order valence-electron chi connectivity index (χ2n) is 5.83. The number of methoxy groups -OCH3 is 1. The minimum Gasteiger partial charge on any atom is -0.469 e. The number of ether oxygens (including phenoxy) is 1. The molecule has 22 heavy (non-hydrogen) atoms. The van der Waals surface area contributed by atoms with Crippen LogP contribution in [0.3, 0.4) is 0 Å². The van der Waals surface area contributed by atoms with Gasteiger partial charge in [0, 0.05) is 32.0 Å². The molecule has 1 saturated carbocycles. The minimum absolute atomic E-state index is 0.109. The lowest BCUT2D eigenvalue weighted by Crippen LogP contribution is -2.26. The summed E-state index contributed by atoms with van der Waals surface area (Å²) in [4.78, 5) is 24.5. The highest BCUT2D eigenvalue weighted by molar-refractivity contribution is 5.91. The first kappa shape index (κ1) is 16.3. The van der Waals surface area contributed by atoms with Crippen molar-refractivity contribution < 1.29 is 18.7 Å². The zero-order valence-electron chi connectivity index (χ0n) is 13.4. The lowest BCUT2D eigenvalue weighted by Gasteiger charge is -2.14. The highest BCUT2D eigenvalue weighted by Crippen LogP contribution is 2.47. The van der Waals surface area contributed by atoms with E-state index in [9.17, 15) is 9.59 Å². The molecule has 5 heteroatoms. The van der Waals surface area contributed by atoms with Gasteiger partial charge in [-0.05, 0) is 37.0 Å². The van der Waals surface area contributed by atoms with E-state index in [2.05, 4.69) is 11.7 Å². The summed E-state index contributed by atoms with van der Waals surface area (Å²) in [6.07, 6.45) is 5.28. The average molecular weight is 305 g/mol. The molecule has 1 heterocycles. The van der Waals surface area contributed by atoms with Crippen molar-refractivity contribution in [1.82, 2.24) is 4.90 Å². The Morgan fingerprint density at radius 1 is 1.45 bits per heavy atom. The summed E-state index contributed by atoms with van der Waals surface area (Å²) in [6.45, 7) is 2.72. The maximum atomic E-state index is 11.9. The van der Waals surface area contributed by atoms with Gasteiger partial charge in [0.25, 0.3) is 0 Å². The van der Waals surface area contributed by atoms with Crippen LogP contribution < -0.4 is 0 Å². The average Bonchev–Trinajstić information content (AvgIpc) is 3.05. The molecule has 1 aliphatic rings. The van der Waals surface area contributed by atoms with E-state index in [-0.39, 0.29) is 11.9 Å². The van der Waals surface area contributed by atoms with Gasteiger partial charge < -0.3 is 14.1 Å². The summed E-state index contributed by atoms with van der Waals surface area (Å²) in [6, 6.07) is 3.87. The van der Waals surface area contributed by atoms with Crippen molar-refractivity contribution in [3.05, 3.63) is 29.7 Å². The second-order valence-corrected chi connectivity index (χ2v) is 5.83. The van der Waals surface area contributed by atoms with E-state index < -0.39 is 0 Å². The van der Waals surface area contributed by atoms with Gasteiger partial charge in [-0.3, -0.25) is 9.59 Å². The quantitative estimate of drug-likeness (QED) is 0.574. The standard InChI is InChI=1S/C17H23NO4/c1-12-11-14(12)15-8-6-13(22-15)7-9-16(19)18(2)10-4-5-17(20)21-3/h6-9,12,14H,4-5,10-11H2,1-3H3/b9-7+/t12-,14-/m1/s1. The first-order chi connectivity index (χ1) is 10.5. The number of likely N-dealkylation sites (N-methyl/N-ethyl adjacent to an activating group) is 1. The van der Waals surface area contributed by atoms with Gasteiger partial charge in [0.2, 0.25) is 5.91 Å². The number of amides is 1. The molecule has 120 valence electrons. The number of hydrogen-bond donors (Lipinski definition) is 0. The third kappa shape index (κ3) is 4.48. The molecule has 1 aliphatic carbocycles. The Morgan fingerprint density at radius 3 is 2.82 bits per heavy atom. The van der Waals surface area contributed by atoms with Crippen LogP contribution in [0.2, 0.25) is 0 Å². The van der Waals surface area contributed by atoms with Crippen LogP contribution in [0.5, 0.6) is 0 Å². The van der Waals surface area contributed by atoms with Crippen molar-refractivity contribution in [2.45, 2.75) is 32.1 Å². The zero-order valence-corrected chi connectivity index (χ0v) is 13.4. The molecule has 2 rings (SSSR count). The summed E-state index contributed by atoms with van der Waals surface area (Å²) < 4.78 is 10.3. The molecule has 0 N–H and O–H groups in total. The molecule has 1 aromatic rings. The fraction of sp³-hybridized carbons (Fsp3) is 0.529. The predicted octanol–water partition coefficient (Wildman–Crippen LogP) is 2.83. The lowest BCUT2D eigenvalue weighted by molar-refractivity contribution is -0.141. The Morgan fingerprint density at radius 2 is 2.18 bits per heavy atom. The third-order valence-corrected chi connectivity index (χ3v) is 3.99. The van der Waals surface area contributed by atoms with E-state index in [1.54, 1.807) is 18.0 Å². The highest BCUT2D eigenvalue weighted by atomic mass is 16.5. The van der Waals surface area contributed by atoms with Crippen LogP contribution in [0.25, 0.3) is 6.08 Å². The first-order valence-electron chi connectivity index (χ1n) is 7.61. The molecular weight excluding hydrogens is 282 g/mol. The maximum Gasteiger partial charge on any atom is 0.305 e. The van der Waals surface area contributed by atoms with Crippen LogP contribution >= 0.6 is 0 Å². The molecular formula is C17H23NO4. The van der Waals surface area contributed by atoms with Gasteiger partial charge in [-0.2, -0.15) is 0 Å². The number of rotatable bonds is 7. The van der Waals surface area contributed by atoms with Gasteiger partial charge in [-0.1, -0.05) is 6.92 Å². The number of furan rings is 1. The Hall–Kier alpha value is -2.04. The van der Waals surface area contributed by atoms with Crippen molar-refractivity contribution >= 4 is 18.0 Å². The van der Waals surface area contributed by atoms with Gasteiger partial charge >= 0.3 is 5.97 Å². The molecule has 1 aromatic heterocycles. The van der Waals surface area contributed by atoms with E-state index in [0.29, 0.717) is 37.0 Å². The lowest BCUT2D eigenvalue weighted by atomic mass is 10.3. The molecule has 5 nitrogen and oxygen atoms in total. The molecule has 1 fully saturated rings. The molecule has 0 unspecified atom stereocenters. The molecule has 0 bridgehead atoms. The van der Waals surface area contributed by atoms with Gasteiger partial charge in [0.1, 0.15) is 11.5 Å². The fourth-order valence-corrected chi connectivity index (χ4v) is 2.33. The number of hydrogen-bond acceptors (Lipinski definition) is 4. The first-order valence-corrected chi connectivity index (χ1v) is 7.61. The Balaban J connectivity index is 1.77. The Kier molecular flexibility index (Phi) is 5.41. The molecule has 0 saturated heterocycles. The monoisotopic (exact) mass is 305 g/mol. The van der Waals surface area contributed by atoms with E-state index in [1.807, 2.05) is 12.1 Å². The third-order valence-electron chi connectivity index (χ3n) is 3.99. The SMILES string of the molecule is COC(=O)CCCN(C)C(=O)/C=C/c1ccc([C@@H]2C[C@H]2C)o1. The predicted molar refractivity (Wildman–Crippen MR) is 83.2 cm³/mol. The van der Waals surface area contributed by atoms with E-state index in [4.69, 9.17) is 4.42 Å². The van der Waals surface area contributed by atoms with Gasteiger partial charge in [-0.25, -0.2) is 0 Å². The van der Waals surface area contributed by atoms with Crippen LogP contribution in [0, 0.1) is 5.92 Å². The summed E-state index contributed by atoms with van der Waals surface area (Å²) >= 11 is 0. The molecule has 0 spiro atoms. The van der Waals surface area contributed by atoms with Crippen LogP contribution in [0.1, 0.15) is 43.6 Å². The molecule has 2 atom stereocenters. The van der Waals surface area contributed by atoms with E-state index >= 15 is 0 Å². The van der Waals surface area contributed by atoms with Crippen molar-refractivity contribution in [3.8, 4) is 0 Å². The van der Waals surface area contributed by atoms with Crippen molar-refractivity contribution in [1.29, 1.82) is 0 Å². The summed E-state index contributed by atoms with van der Waals surface area (Å²) in [5, 5.41) is 0. The largest absolute Gasteiger partial charge is 0.469 e. The number of nitrogens with zero attached hydrogens (tertiary/aromatic N) is 1. The topological polar surface area (TPSA) is 59.8 Å². The molecule has 0 radical (unpaired) electrons. The molecule has 0 aliphatic heterocycles. The number of esters is 1. The zero-order chi connectivity index (χ0) is 16.1. The maximum absolute atomic E-state index is 11.9. The van der Waals surface area contributed by atoms with Crippen LogP contribution in [-0.2, 0) is 14.3 Å². The van der Waals surface area contributed by atoms with Crippen LogP contribution in [-0.4, -0.2) is 37.5 Å². The Labute approximate surface area is 130 Å². The van der Waals surface area contributed by atoms with Crippen LogP contribution in [0.15, 0.2) is 22.6 Å². The summed E-state index contributed by atoms with van der Waals surface area (Å²) in [5.74, 6) is 2.58. The van der Waals surface area contributed by atoms with Gasteiger partial charge in [0.15, 0.2) is 0 Å². The second kappa shape index (κ2) is 7.29. The van der Waals surface area contributed by atoms with Crippen molar-refractivity contribution in [3.63, 3.8) is 0 Å². The summed E-state index contributed by atoms with van der Waals surface area (Å²) in [5.41, 5.74) is 0. The Bertz CT molecular complexity index is 561. The van der Waals surface area contributed by atoms with Crippen LogP contribution in [0.4, 0.5) is 0 Å². The van der Waals surface area contributed by atoms with E-state index in [0.717, 1.165) is 5.76 Å². The van der Waals surface area contributed by atoms with E-state index in [1.165, 1.54) is 19.6 Å². The number of carbonyl (C=O) groups is 2. The van der Waals surface area contributed by atoms with Gasteiger partial charge in [0.05, 0.1) is 7.11 Å². The normalized spacial score (nSPS) is 20.1.